The number of hydrogen-bond acceptors (Lipinski definition) is 3. The van der Waals surface area contributed by atoms with Gasteiger partial charge < -0.3 is 10.3 Å². The van der Waals surface area contributed by atoms with Crippen molar-refractivity contribution in [2.45, 2.75) is 26.8 Å². The Morgan fingerprint density at radius 1 is 1.50 bits per heavy atom. The van der Waals surface area contributed by atoms with Gasteiger partial charge in [0.2, 0.25) is 0 Å². The summed E-state index contributed by atoms with van der Waals surface area (Å²) in [5.74, 6) is 0.289. The third-order valence-corrected chi connectivity index (χ3v) is 2.02. The lowest BCUT2D eigenvalue weighted by molar-refractivity contribution is 0.370. The van der Waals surface area contributed by atoms with E-state index < -0.39 is 0 Å². The largest absolute Gasteiger partial charge is 0.360 e. The van der Waals surface area contributed by atoms with Crippen LogP contribution in [0.5, 0.6) is 0 Å². The summed E-state index contributed by atoms with van der Waals surface area (Å²) in [4.78, 5) is 10.9. The van der Waals surface area contributed by atoms with Gasteiger partial charge in [0.1, 0.15) is 0 Å². The van der Waals surface area contributed by atoms with E-state index >= 15 is 0 Å². The molecular formula is C8H14N2O2. The third-order valence-electron chi connectivity index (χ3n) is 2.02. The van der Waals surface area contributed by atoms with E-state index in [0.29, 0.717) is 11.3 Å². The smallest absolute Gasteiger partial charge is 0.339 e. The van der Waals surface area contributed by atoms with E-state index in [-0.39, 0.29) is 17.6 Å². The second-order valence-electron chi connectivity index (χ2n) is 3.30. The monoisotopic (exact) mass is 170 g/mol. The zero-order valence-corrected chi connectivity index (χ0v) is 7.55. The van der Waals surface area contributed by atoms with Crippen molar-refractivity contribution in [3.8, 4) is 0 Å². The standard InChI is InChI=1S/C8H14N2O2/c1-4(2)6(9)7-5(3)8(11)12-10-7/h4,6,10H,9H2,1-3H3/t6-/m0/s1. The van der Waals surface area contributed by atoms with Gasteiger partial charge in [0.15, 0.2) is 0 Å². The fraction of sp³-hybridized carbons (Fsp3) is 0.625. The SMILES string of the molecule is Cc1c([C@@H](N)C(C)C)[nH]oc1=O. The first-order valence-corrected chi connectivity index (χ1v) is 3.97. The van der Waals surface area contributed by atoms with Gasteiger partial charge in [-0.2, -0.15) is 0 Å². The number of hydrogen-bond donors (Lipinski definition) is 2. The molecule has 68 valence electrons. The van der Waals surface area contributed by atoms with E-state index in [4.69, 9.17) is 5.73 Å². The van der Waals surface area contributed by atoms with Crippen LogP contribution in [0.4, 0.5) is 0 Å². The Morgan fingerprint density at radius 3 is 2.42 bits per heavy atom. The Kier molecular flexibility index (Phi) is 2.38. The van der Waals surface area contributed by atoms with Crippen molar-refractivity contribution in [3.63, 3.8) is 0 Å². The maximum Gasteiger partial charge on any atom is 0.360 e. The first-order valence-electron chi connectivity index (χ1n) is 3.97. The Balaban J connectivity index is 3.03. The van der Waals surface area contributed by atoms with Crippen LogP contribution >= 0.6 is 0 Å². The molecule has 1 aromatic rings. The Labute approximate surface area is 70.7 Å². The molecule has 1 heterocycles. The molecule has 4 nitrogen and oxygen atoms in total. The molecule has 12 heavy (non-hydrogen) atoms. The zero-order chi connectivity index (χ0) is 9.30. The molecule has 0 aliphatic carbocycles. The van der Waals surface area contributed by atoms with Crippen LogP contribution in [0, 0.1) is 12.8 Å². The summed E-state index contributed by atoms with van der Waals surface area (Å²) in [7, 11) is 0. The number of rotatable bonds is 2. The van der Waals surface area contributed by atoms with E-state index in [1.807, 2.05) is 13.8 Å². The quantitative estimate of drug-likeness (QED) is 0.693. The summed E-state index contributed by atoms with van der Waals surface area (Å²) in [6.45, 7) is 5.70. The van der Waals surface area contributed by atoms with Gasteiger partial charge in [-0.25, -0.2) is 9.95 Å². The molecule has 0 aromatic carbocycles. The van der Waals surface area contributed by atoms with Crippen molar-refractivity contribution in [2.24, 2.45) is 11.7 Å². The average Bonchev–Trinajstić information content (AvgIpc) is 2.32. The van der Waals surface area contributed by atoms with Crippen LogP contribution in [0.3, 0.4) is 0 Å². The number of nitrogens with one attached hydrogen (secondary N) is 1. The van der Waals surface area contributed by atoms with Crippen LogP contribution in [0.2, 0.25) is 0 Å². The van der Waals surface area contributed by atoms with Crippen LogP contribution in [-0.2, 0) is 0 Å². The molecule has 3 N–H and O–H groups in total. The lowest BCUT2D eigenvalue weighted by Crippen LogP contribution is -2.18. The van der Waals surface area contributed by atoms with Gasteiger partial charge in [0.05, 0.1) is 17.3 Å². The predicted octanol–water partition coefficient (Wildman–Crippen LogP) is 0.932. The van der Waals surface area contributed by atoms with Gasteiger partial charge in [-0.1, -0.05) is 13.8 Å². The molecule has 0 aliphatic rings. The Bertz CT molecular complexity index is 311. The second-order valence-corrected chi connectivity index (χ2v) is 3.30. The van der Waals surface area contributed by atoms with Crippen molar-refractivity contribution >= 4 is 0 Å². The molecule has 0 aliphatic heterocycles. The molecule has 1 aromatic heterocycles. The molecule has 0 unspecified atom stereocenters. The molecule has 0 fully saturated rings. The normalized spacial score (nSPS) is 13.8. The van der Waals surface area contributed by atoms with Gasteiger partial charge in [0.25, 0.3) is 0 Å². The number of H-pyrrole nitrogens is 1. The van der Waals surface area contributed by atoms with Crippen molar-refractivity contribution in [3.05, 3.63) is 21.7 Å². The summed E-state index contributed by atoms with van der Waals surface area (Å²) in [5.41, 5.74) is 6.77. The first kappa shape index (κ1) is 9.06. The molecule has 0 spiro atoms. The van der Waals surface area contributed by atoms with Crippen molar-refractivity contribution in [2.75, 3.05) is 0 Å². The zero-order valence-electron chi connectivity index (χ0n) is 7.55. The molecule has 0 bridgehead atoms. The first-order chi connectivity index (χ1) is 5.54. The van der Waals surface area contributed by atoms with Crippen LogP contribution in [0.25, 0.3) is 0 Å². The Hall–Kier alpha value is -1.03. The van der Waals surface area contributed by atoms with E-state index in [1.165, 1.54) is 0 Å². The van der Waals surface area contributed by atoms with Gasteiger partial charge in [-0.05, 0) is 12.8 Å². The third kappa shape index (κ3) is 1.43. The van der Waals surface area contributed by atoms with Crippen molar-refractivity contribution in [1.29, 1.82) is 0 Å². The summed E-state index contributed by atoms with van der Waals surface area (Å²) < 4.78 is 4.61. The second kappa shape index (κ2) is 3.15. The minimum absolute atomic E-state index is 0.156. The molecule has 0 saturated heterocycles. The highest BCUT2D eigenvalue weighted by atomic mass is 16.5. The minimum atomic E-state index is -0.332. The van der Waals surface area contributed by atoms with E-state index in [1.54, 1.807) is 6.92 Å². The van der Waals surface area contributed by atoms with Gasteiger partial charge >= 0.3 is 5.63 Å². The highest BCUT2D eigenvalue weighted by Gasteiger charge is 2.17. The fourth-order valence-corrected chi connectivity index (χ4v) is 1.02. The topological polar surface area (TPSA) is 72.0 Å². The van der Waals surface area contributed by atoms with Crippen LogP contribution < -0.4 is 11.4 Å². The van der Waals surface area contributed by atoms with E-state index in [0.717, 1.165) is 0 Å². The molecular weight excluding hydrogens is 156 g/mol. The fourth-order valence-electron chi connectivity index (χ4n) is 1.02. The molecule has 0 amide bonds. The highest BCUT2D eigenvalue weighted by molar-refractivity contribution is 5.16. The average molecular weight is 170 g/mol. The Morgan fingerprint density at radius 2 is 2.08 bits per heavy atom. The van der Waals surface area contributed by atoms with E-state index in [9.17, 15) is 4.79 Å². The van der Waals surface area contributed by atoms with Crippen molar-refractivity contribution in [1.82, 2.24) is 5.16 Å². The molecule has 1 atom stereocenters. The van der Waals surface area contributed by atoms with Gasteiger partial charge in [0, 0.05) is 0 Å². The highest BCUT2D eigenvalue weighted by Crippen LogP contribution is 2.17. The predicted molar refractivity (Wildman–Crippen MR) is 45.8 cm³/mol. The lowest BCUT2D eigenvalue weighted by atomic mass is 10.00. The molecule has 4 heteroatoms. The van der Waals surface area contributed by atoms with E-state index in [2.05, 4.69) is 9.68 Å². The number of aromatic amines is 1. The maximum atomic E-state index is 10.9. The summed E-state index contributed by atoms with van der Waals surface area (Å²) in [6.07, 6.45) is 0. The van der Waals surface area contributed by atoms with Gasteiger partial charge in [-0.3, -0.25) is 0 Å². The summed E-state index contributed by atoms with van der Waals surface area (Å²) >= 11 is 0. The van der Waals surface area contributed by atoms with Gasteiger partial charge in [-0.15, -0.1) is 0 Å². The lowest BCUT2D eigenvalue weighted by Gasteiger charge is -2.13. The number of aromatic nitrogens is 1. The summed E-state index contributed by atoms with van der Waals surface area (Å²) in [5, 5.41) is 2.54. The molecule has 0 radical (unpaired) electrons. The van der Waals surface area contributed by atoms with Crippen LogP contribution in [0.1, 0.15) is 31.1 Å². The van der Waals surface area contributed by atoms with Crippen LogP contribution in [-0.4, -0.2) is 5.16 Å². The number of nitrogens with two attached hydrogens (primary N) is 1. The maximum absolute atomic E-state index is 10.9. The minimum Gasteiger partial charge on any atom is -0.339 e. The molecule has 0 saturated carbocycles. The van der Waals surface area contributed by atoms with Crippen LogP contribution in [0.15, 0.2) is 9.32 Å². The van der Waals surface area contributed by atoms with Crippen molar-refractivity contribution < 1.29 is 4.52 Å². The summed E-state index contributed by atoms with van der Waals surface area (Å²) in [6, 6.07) is -0.156. The molecule has 1 rings (SSSR count).